The third-order valence-corrected chi connectivity index (χ3v) is 4.94. The lowest BCUT2D eigenvalue weighted by Crippen LogP contribution is -1.98. The predicted molar refractivity (Wildman–Crippen MR) is 112 cm³/mol. The summed E-state index contributed by atoms with van der Waals surface area (Å²) in [6, 6.07) is 8.21. The van der Waals surface area contributed by atoms with Crippen LogP contribution < -0.4 is 9.47 Å². The Labute approximate surface area is 161 Å². The molecular weight excluding hydrogens is 336 g/mol. The maximum absolute atomic E-state index is 6.25. The first-order chi connectivity index (χ1) is 13.2. The van der Waals surface area contributed by atoms with E-state index in [-0.39, 0.29) is 0 Å². The lowest BCUT2D eigenvalue weighted by molar-refractivity contribution is 0.303. The van der Waals surface area contributed by atoms with Crippen molar-refractivity contribution in [2.45, 2.75) is 53.4 Å². The van der Waals surface area contributed by atoms with Crippen molar-refractivity contribution in [3.8, 4) is 23.3 Å². The number of benzene rings is 2. The minimum absolute atomic E-state index is 0.387. The Balaban J connectivity index is 1.89. The van der Waals surface area contributed by atoms with Crippen LogP contribution in [0.5, 0.6) is 11.5 Å². The highest BCUT2D eigenvalue weighted by molar-refractivity contribution is 6.07. The van der Waals surface area contributed by atoms with Gasteiger partial charge in [0.05, 0.1) is 6.61 Å². The molecule has 1 heterocycles. The van der Waals surface area contributed by atoms with Gasteiger partial charge in [0.25, 0.3) is 0 Å². The summed E-state index contributed by atoms with van der Waals surface area (Å²) in [5.74, 6) is 7.50. The molecule has 142 valence electrons. The fourth-order valence-electron chi connectivity index (χ4n) is 3.35. The van der Waals surface area contributed by atoms with Gasteiger partial charge in [0.1, 0.15) is 29.3 Å². The molecule has 0 atom stereocenters. The van der Waals surface area contributed by atoms with Gasteiger partial charge in [0.2, 0.25) is 0 Å². The van der Waals surface area contributed by atoms with Crippen molar-refractivity contribution < 1.29 is 13.9 Å². The number of furan rings is 1. The quantitative estimate of drug-likeness (QED) is 0.335. The normalized spacial score (nSPS) is 10.8. The van der Waals surface area contributed by atoms with Crippen molar-refractivity contribution in [1.82, 2.24) is 0 Å². The van der Waals surface area contributed by atoms with E-state index in [0.29, 0.717) is 6.61 Å². The van der Waals surface area contributed by atoms with Crippen LogP contribution in [0.25, 0.3) is 21.9 Å². The summed E-state index contributed by atoms with van der Waals surface area (Å²) in [5.41, 5.74) is 3.82. The van der Waals surface area contributed by atoms with Gasteiger partial charge in [-0.2, -0.15) is 0 Å². The van der Waals surface area contributed by atoms with Gasteiger partial charge in [0, 0.05) is 21.9 Å². The monoisotopic (exact) mass is 364 g/mol. The molecule has 0 aliphatic carbocycles. The van der Waals surface area contributed by atoms with Crippen molar-refractivity contribution in [1.29, 1.82) is 0 Å². The molecule has 27 heavy (non-hydrogen) atoms. The first-order valence-corrected chi connectivity index (χ1v) is 9.78. The molecular formula is C24H28O3. The topological polar surface area (TPSA) is 31.6 Å². The van der Waals surface area contributed by atoms with Crippen molar-refractivity contribution in [3.05, 3.63) is 35.4 Å². The Morgan fingerprint density at radius 2 is 1.48 bits per heavy atom. The van der Waals surface area contributed by atoms with Crippen molar-refractivity contribution in [2.75, 3.05) is 13.2 Å². The van der Waals surface area contributed by atoms with Crippen LogP contribution in [-0.4, -0.2) is 13.2 Å². The molecule has 3 heteroatoms. The van der Waals surface area contributed by atoms with E-state index in [4.69, 9.17) is 13.9 Å². The molecule has 3 rings (SSSR count). The van der Waals surface area contributed by atoms with Crippen LogP contribution in [0.15, 0.2) is 28.7 Å². The van der Waals surface area contributed by atoms with E-state index in [2.05, 4.69) is 43.9 Å². The minimum atomic E-state index is 0.387. The standard InChI is InChI=1S/C24H28O3/c1-5-7-9-10-16-26-22-14-12-20-19-11-13-21(25-15-8-6-2)17(3)23(19)27-24(20)18(22)4/h11-14H,5,7,9-10,15-16H2,1-4H3. The van der Waals surface area contributed by atoms with Gasteiger partial charge in [-0.15, -0.1) is 5.92 Å². The molecule has 0 radical (unpaired) electrons. The van der Waals surface area contributed by atoms with Crippen molar-refractivity contribution in [3.63, 3.8) is 0 Å². The summed E-state index contributed by atoms with van der Waals surface area (Å²) >= 11 is 0. The van der Waals surface area contributed by atoms with Gasteiger partial charge in [-0.05, 0) is 51.5 Å². The molecule has 3 nitrogen and oxygen atoms in total. The summed E-state index contributed by atoms with van der Waals surface area (Å²) in [6.45, 7) is 9.26. The lowest BCUT2D eigenvalue weighted by Gasteiger charge is -2.09. The highest BCUT2D eigenvalue weighted by Gasteiger charge is 2.16. The molecule has 1 aromatic heterocycles. The minimum Gasteiger partial charge on any atom is -0.493 e. The second-order valence-electron chi connectivity index (χ2n) is 6.86. The van der Waals surface area contributed by atoms with Gasteiger partial charge < -0.3 is 13.9 Å². The average Bonchev–Trinajstić information content (AvgIpc) is 3.06. The zero-order valence-electron chi connectivity index (χ0n) is 16.8. The molecule has 0 bridgehead atoms. The fourth-order valence-corrected chi connectivity index (χ4v) is 3.35. The highest BCUT2D eigenvalue weighted by atomic mass is 16.5. The average molecular weight is 364 g/mol. The number of fused-ring (bicyclic) bond motifs is 3. The number of unbranched alkanes of at least 4 members (excludes halogenated alkanes) is 3. The van der Waals surface area contributed by atoms with E-state index in [1.165, 1.54) is 19.3 Å². The summed E-state index contributed by atoms with van der Waals surface area (Å²) in [7, 11) is 0. The molecule has 0 fully saturated rings. The summed E-state index contributed by atoms with van der Waals surface area (Å²) < 4.78 is 18.0. The Hall–Kier alpha value is -2.60. The number of hydrogen-bond donors (Lipinski definition) is 0. The van der Waals surface area contributed by atoms with Crippen LogP contribution in [0.4, 0.5) is 0 Å². The maximum atomic E-state index is 6.25. The number of aryl methyl sites for hydroxylation is 2. The molecule has 3 aromatic rings. The number of rotatable bonds is 8. The smallest absolute Gasteiger partial charge is 0.149 e. The van der Waals surface area contributed by atoms with E-state index in [1.54, 1.807) is 0 Å². The molecule has 0 amide bonds. The SMILES string of the molecule is CC#CCOc1ccc2c(oc3c(C)c(OCCCCCC)ccc32)c1C. The first kappa shape index (κ1) is 19.2. The highest BCUT2D eigenvalue weighted by Crippen LogP contribution is 2.38. The molecule has 0 saturated heterocycles. The Morgan fingerprint density at radius 3 is 2.07 bits per heavy atom. The second-order valence-corrected chi connectivity index (χ2v) is 6.86. The van der Waals surface area contributed by atoms with Gasteiger partial charge >= 0.3 is 0 Å². The van der Waals surface area contributed by atoms with E-state index >= 15 is 0 Å². The molecule has 2 aromatic carbocycles. The van der Waals surface area contributed by atoms with Gasteiger partial charge in [-0.1, -0.05) is 32.1 Å². The maximum Gasteiger partial charge on any atom is 0.149 e. The Kier molecular flexibility index (Phi) is 6.29. The van der Waals surface area contributed by atoms with Crippen LogP contribution in [0, 0.1) is 25.7 Å². The van der Waals surface area contributed by atoms with E-state index in [1.807, 2.05) is 19.9 Å². The lowest BCUT2D eigenvalue weighted by atomic mass is 10.1. The summed E-state index contributed by atoms with van der Waals surface area (Å²) in [6.07, 6.45) is 4.80. The summed E-state index contributed by atoms with van der Waals surface area (Å²) in [5, 5.41) is 2.22. The fraction of sp³-hybridized carbons (Fsp3) is 0.417. The van der Waals surface area contributed by atoms with Crippen LogP contribution in [0.2, 0.25) is 0 Å². The largest absolute Gasteiger partial charge is 0.493 e. The Morgan fingerprint density at radius 1 is 0.852 bits per heavy atom. The van der Waals surface area contributed by atoms with Gasteiger partial charge in [-0.3, -0.25) is 0 Å². The second kappa shape index (κ2) is 8.86. The molecule has 0 unspecified atom stereocenters. The van der Waals surface area contributed by atoms with E-state index < -0.39 is 0 Å². The van der Waals surface area contributed by atoms with Crippen molar-refractivity contribution in [2.24, 2.45) is 0 Å². The molecule has 0 spiro atoms. The van der Waals surface area contributed by atoms with E-state index in [0.717, 1.165) is 57.6 Å². The number of ether oxygens (including phenoxy) is 2. The molecule has 0 N–H and O–H groups in total. The molecule has 0 aliphatic rings. The summed E-state index contributed by atoms with van der Waals surface area (Å²) in [4.78, 5) is 0. The third-order valence-electron chi connectivity index (χ3n) is 4.94. The molecule has 0 aliphatic heterocycles. The zero-order chi connectivity index (χ0) is 19.2. The van der Waals surface area contributed by atoms with Crippen LogP contribution in [0.1, 0.15) is 50.7 Å². The van der Waals surface area contributed by atoms with Crippen LogP contribution in [-0.2, 0) is 0 Å². The van der Waals surface area contributed by atoms with E-state index in [9.17, 15) is 0 Å². The van der Waals surface area contributed by atoms with Crippen LogP contribution >= 0.6 is 0 Å². The number of hydrogen-bond acceptors (Lipinski definition) is 3. The van der Waals surface area contributed by atoms with Crippen molar-refractivity contribution >= 4 is 21.9 Å². The predicted octanol–water partition coefficient (Wildman–Crippen LogP) is 6.56. The Bertz CT molecular complexity index is 986. The van der Waals surface area contributed by atoms with Gasteiger partial charge in [-0.25, -0.2) is 0 Å². The third kappa shape index (κ3) is 4.06. The van der Waals surface area contributed by atoms with Crippen LogP contribution in [0.3, 0.4) is 0 Å². The van der Waals surface area contributed by atoms with Gasteiger partial charge in [0.15, 0.2) is 0 Å². The zero-order valence-corrected chi connectivity index (χ0v) is 16.8. The molecule has 0 saturated carbocycles. The first-order valence-electron chi connectivity index (χ1n) is 9.78.